The molecule has 1 aliphatic rings. The van der Waals surface area contributed by atoms with Crippen LogP contribution in [0.25, 0.3) is 10.9 Å². The van der Waals surface area contributed by atoms with Gasteiger partial charge in [0.15, 0.2) is 0 Å². The molecule has 16 heavy (non-hydrogen) atoms. The van der Waals surface area contributed by atoms with E-state index in [1.54, 1.807) is 0 Å². The molecule has 84 valence electrons. The number of H-pyrrole nitrogens is 1. The van der Waals surface area contributed by atoms with Crippen LogP contribution in [-0.2, 0) is 6.42 Å². The highest BCUT2D eigenvalue weighted by molar-refractivity contribution is 6.34. The van der Waals surface area contributed by atoms with Crippen molar-refractivity contribution in [3.63, 3.8) is 0 Å². The molecule has 0 radical (unpaired) electrons. The zero-order valence-electron chi connectivity index (χ0n) is 8.96. The third kappa shape index (κ3) is 1.70. The number of aromatic nitrogens is 2. The molecular weight excluding hydrogens is 222 g/mol. The summed E-state index contributed by atoms with van der Waals surface area (Å²) in [5.74, 6) is 0. The van der Waals surface area contributed by atoms with Crippen LogP contribution >= 0.6 is 11.6 Å². The zero-order valence-corrected chi connectivity index (χ0v) is 9.72. The summed E-state index contributed by atoms with van der Waals surface area (Å²) in [6.07, 6.45) is 3.58. The van der Waals surface area contributed by atoms with Crippen molar-refractivity contribution in [1.29, 1.82) is 0 Å². The molecule has 4 heteroatoms. The molecule has 2 heterocycles. The van der Waals surface area contributed by atoms with Gasteiger partial charge < -0.3 is 5.32 Å². The number of benzene rings is 1. The third-order valence-corrected chi connectivity index (χ3v) is 3.54. The molecule has 1 aromatic carbocycles. The van der Waals surface area contributed by atoms with Crippen LogP contribution in [0.1, 0.15) is 18.4 Å². The molecular formula is C12H14ClN3. The predicted octanol–water partition coefficient (Wildman–Crippen LogP) is 2.51. The highest BCUT2D eigenvalue weighted by Crippen LogP contribution is 2.24. The molecule has 0 saturated carbocycles. The Bertz CT molecular complexity index is 500. The molecule has 1 saturated heterocycles. The van der Waals surface area contributed by atoms with Crippen LogP contribution in [0.2, 0.25) is 5.15 Å². The van der Waals surface area contributed by atoms with Gasteiger partial charge in [0.05, 0.1) is 5.52 Å². The van der Waals surface area contributed by atoms with E-state index in [4.69, 9.17) is 11.6 Å². The second kappa shape index (κ2) is 4.07. The van der Waals surface area contributed by atoms with E-state index in [2.05, 4.69) is 21.6 Å². The van der Waals surface area contributed by atoms with Crippen molar-refractivity contribution in [1.82, 2.24) is 15.5 Å². The summed E-state index contributed by atoms with van der Waals surface area (Å²) in [7, 11) is 0. The molecule has 1 unspecified atom stereocenters. The topological polar surface area (TPSA) is 40.7 Å². The summed E-state index contributed by atoms with van der Waals surface area (Å²) >= 11 is 6.03. The first-order valence-electron chi connectivity index (χ1n) is 5.69. The maximum absolute atomic E-state index is 6.03. The van der Waals surface area contributed by atoms with Crippen LogP contribution in [0.15, 0.2) is 18.2 Å². The number of fused-ring (bicyclic) bond motifs is 1. The molecule has 0 amide bonds. The Kier molecular flexibility index (Phi) is 2.58. The summed E-state index contributed by atoms with van der Waals surface area (Å²) in [5, 5.41) is 12.3. The lowest BCUT2D eigenvalue weighted by molar-refractivity contribution is 0.604. The quantitative estimate of drug-likeness (QED) is 0.840. The number of nitrogens with one attached hydrogen (secondary N) is 2. The van der Waals surface area contributed by atoms with Gasteiger partial charge in [-0.1, -0.05) is 23.7 Å². The summed E-state index contributed by atoms with van der Waals surface area (Å²) in [6, 6.07) is 6.79. The second-order valence-electron chi connectivity index (χ2n) is 4.35. The van der Waals surface area contributed by atoms with E-state index in [-0.39, 0.29) is 0 Å². The van der Waals surface area contributed by atoms with E-state index in [9.17, 15) is 0 Å². The lowest BCUT2D eigenvalue weighted by Gasteiger charge is -2.10. The van der Waals surface area contributed by atoms with Gasteiger partial charge in [-0.3, -0.25) is 5.10 Å². The monoisotopic (exact) mass is 235 g/mol. The molecule has 1 aliphatic heterocycles. The van der Waals surface area contributed by atoms with Gasteiger partial charge in [-0.25, -0.2) is 0 Å². The number of rotatable bonds is 2. The number of nitrogens with zero attached hydrogens (tertiary/aromatic N) is 1. The maximum atomic E-state index is 6.03. The average molecular weight is 236 g/mol. The molecule has 2 N–H and O–H groups in total. The zero-order chi connectivity index (χ0) is 11.0. The first-order valence-corrected chi connectivity index (χ1v) is 6.07. The molecule has 3 nitrogen and oxygen atoms in total. The minimum atomic E-state index is 0.598. The van der Waals surface area contributed by atoms with E-state index in [0.717, 1.165) is 23.9 Å². The Morgan fingerprint density at radius 2 is 2.38 bits per heavy atom. The van der Waals surface area contributed by atoms with Crippen LogP contribution in [0.5, 0.6) is 0 Å². The molecule has 0 bridgehead atoms. The van der Waals surface area contributed by atoms with Gasteiger partial charge >= 0.3 is 0 Å². The van der Waals surface area contributed by atoms with E-state index in [1.165, 1.54) is 18.4 Å². The van der Waals surface area contributed by atoms with Crippen molar-refractivity contribution in [2.75, 3.05) is 6.54 Å². The fourth-order valence-electron chi connectivity index (χ4n) is 2.43. The molecule has 0 aliphatic carbocycles. The minimum absolute atomic E-state index is 0.598. The first-order chi connectivity index (χ1) is 7.84. The first kappa shape index (κ1) is 10.1. The van der Waals surface area contributed by atoms with Crippen molar-refractivity contribution in [2.45, 2.75) is 25.3 Å². The average Bonchev–Trinajstić information content (AvgIpc) is 2.90. The van der Waals surface area contributed by atoms with Gasteiger partial charge in [0.2, 0.25) is 0 Å². The molecule has 1 aromatic heterocycles. The standard InChI is InChI=1S/C12H14ClN3/c13-12-10-5-1-3-8(11(10)15-16-12)7-9-4-2-6-14-9/h1,3,5,9,14H,2,4,6-7H2,(H,15,16). The van der Waals surface area contributed by atoms with Gasteiger partial charge in [0.1, 0.15) is 5.15 Å². The van der Waals surface area contributed by atoms with Gasteiger partial charge in [-0.2, -0.15) is 5.10 Å². The van der Waals surface area contributed by atoms with E-state index in [0.29, 0.717) is 11.2 Å². The summed E-state index contributed by atoms with van der Waals surface area (Å²) in [6.45, 7) is 1.14. The highest BCUT2D eigenvalue weighted by Gasteiger charge is 2.16. The van der Waals surface area contributed by atoms with Crippen LogP contribution in [0, 0.1) is 0 Å². The summed E-state index contributed by atoms with van der Waals surface area (Å²) < 4.78 is 0. The van der Waals surface area contributed by atoms with Crippen molar-refractivity contribution in [2.24, 2.45) is 0 Å². The van der Waals surface area contributed by atoms with Crippen molar-refractivity contribution in [3.05, 3.63) is 28.9 Å². The SMILES string of the molecule is Clc1[nH]nc2c(CC3CCCN3)cccc12. The van der Waals surface area contributed by atoms with Crippen molar-refractivity contribution >= 4 is 22.5 Å². The number of hydrogen-bond donors (Lipinski definition) is 2. The summed E-state index contributed by atoms with van der Waals surface area (Å²) in [4.78, 5) is 0. The fraction of sp³-hybridized carbons (Fsp3) is 0.417. The van der Waals surface area contributed by atoms with Gasteiger partial charge in [-0.05, 0) is 37.4 Å². The predicted molar refractivity (Wildman–Crippen MR) is 65.8 cm³/mol. The number of hydrogen-bond acceptors (Lipinski definition) is 2. The highest BCUT2D eigenvalue weighted by atomic mass is 35.5. The van der Waals surface area contributed by atoms with Crippen LogP contribution in [0.4, 0.5) is 0 Å². The van der Waals surface area contributed by atoms with E-state index >= 15 is 0 Å². The minimum Gasteiger partial charge on any atom is -0.314 e. The number of aromatic amines is 1. The molecule has 1 fully saturated rings. The van der Waals surface area contributed by atoms with Crippen LogP contribution < -0.4 is 5.32 Å². The second-order valence-corrected chi connectivity index (χ2v) is 4.73. The normalized spacial score (nSPS) is 20.7. The van der Waals surface area contributed by atoms with Crippen LogP contribution in [0.3, 0.4) is 0 Å². The van der Waals surface area contributed by atoms with Gasteiger partial charge in [0.25, 0.3) is 0 Å². The maximum Gasteiger partial charge on any atom is 0.132 e. The van der Waals surface area contributed by atoms with Crippen molar-refractivity contribution < 1.29 is 0 Å². The number of halogens is 1. The Hall–Kier alpha value is -1.06. The lowest BCUT2D eigenvalue weighted by Crippen LogP contribution is -2.23. The lowest BCUT2D eigenvalue weighted by atomic mass is 10.0. The molecule has 3 rings (SSSR count). The van der Waals surface area contributed by atoms with E-state index < -0.39 is 0 Å². The largest absolute Gasteiger partial charge is 0.314 e. The van der Waals surface area contributed by atoms with Crippen LogP contribution in [-0.4, -0.2) is 22.8 Å². The summed E-state index contributed by atoms with van der Waals surface area (Å²) in [5.41, 5.74) is 2.29. The smallest absolute Gasteiger partial charge is 0.132 e. The Labute approximate surface area is 99.2 Å². The molecule has 2 aromatic rings. The Balaban J connectivity index is 1.96. The molecule has 0 spiro atoms. The number of para-hydroxylation sites is 1. The van der Waals surface area contributed by atoms with Gasteiger partial charge in [-0.15, -0.1) is 0 Å². The van der Waals surface area contributed by atoms with Crippen molar-refractivity contribution in [3.8, 4) is 0 Å². The fourth-order valence-corrected chi connectivity index (χ4v) is 2.62. The van der Waals surface area contributed by atoms with Gasteiger partial charge in [0, 0.05) is 11.4 Å². The Morgan fingerprint density at radius 3 is 3.19 bits per heavy atom. The Morgan fingerprint density at radius 1 is 1.44 bits per heavy atom. The third-order valence-electron chi connectivity index (χ3n) is 3.25. The molecule has 1 atom stereocenters. The van der Waals surface area contributed by atoms with E-state index in [1.807, 2.05) is 12.1 Å².